The van der Waals surface area contributed by atoms with E-state index < -0.39 is 11.7 Å². The molecule has 0 atom stereocenters. The van der Waals surface area contributed by atoms with Gasteiger partial charge in [0.25, 0.3) is 5.91 Å². The molecule has 220 valence electrons. The van der Waals surface area contributed by atoms with E-state index in [1.165, 1.54) is 23.5 Å². The van der Waals surface area contributed by atoms with Crippen molar-refractivity contribution < 1.29 is 22.7 Å². The summed E-state index contributed by atoms with van der Waals surface area (Å²) >= 11 is 1.33. The van der Waals surface area contributed by atoms with E-state index in [1.54, 1.807) is 23.7 Å². The van der Waals surface area contributed by atoms with Crippen molar-refractivity contribution in [1.82, 2.24) is 20.2 Å². The van der Waals surface area contributed by atoms with Crippen molar-refractivity contribution in [3.63, 3.8) is 0 Å². The normalized spacial score (nSPS) is 11.4. The number of halogens is 3. The number of benzene rings is 3. The van der Waals surface area contributed by atoms with Crippen LogP contribution in [0.5, 0.6) is 5.75 Å². The first-order valence-electron chi connectivity index (χ1n) is 13.6. The quantitative estimate of drug-likeness (QED) is 0.163. The number of thiazole rings is 1. The third kappa shape index (κ3) is 8.97. The van der Waals surface area contributed by atoms with Crippen molar-refractivity contribution in [1.29, 1.82) is 0 Å². The van der Waals surface area contributed by atoms with Crippen LogP contribution in [0.3, 0.4) is 0 Å². The Balaban J connectivity index is 1.27. The topological polar surface area (TPSA) is 67.4 Å². The molecule has 5 aromatic rings. The van der Waals surface area contributed by atoms with Crippen LogP contribution < -0.4 is 10.1 Å². The maximum absolute atomic E-state index is 13.4. The number of aromatic nitrogens is 2. The zero-order valence-electron chi connectivity index (χ0n) is 23.1. The number of carbonyl (C=O) groups is 1. The summed E-state index contributed by atoms with van der Waals surface area (Å²) in [6.07, 6.45) is -2.77. The summed E-state index contributed by atoms with van der Waals surface area (Å²) in [5, 5.41) is 5.18. The van der Waals surface area contributed by atoms with Crippen molar-refractivity contribution >= 4 is 17.2 Å². The molecule has 0 spiro atoms. The molecule has 0 radical (unpaired) electrons. The van der Waals surface area contributed by atoms with Crippen LogP contribution in [0.4, 0.5) is 13.2 Å². The molecule has 1 amide bonds. The number of alkyl halides is 3. The minimum absolute atomic E-state index is 0.261. The van der Waals surface area contributed by atoms with Crippen LogP contribution in [0, 0.1) is 0 Å². The van der Waals surface area contributed by atoms with Crippen molar-refractivity contribution in [3.05, 3.63) is 147 Å². The molecule has 2 aromatic heterocycles. The molecule has 0 saturated carbocycles. The molecule has 0 saturated heterocycles. The van der Waals surface area contributed by atoms with Gasteiger partial charge in [-0.05, 0) is 47.0 Å². The molecule has 3 aromatic carbocycles. The van der Waals surface area contributed by atoms with Gasteiger partial charge in [-0.3, -0.25) is 14.7 Å². The van der Waals surface area contributed by atoms with E-state index in [0.717, 1.165) is 28.6 Å². The average molecular weight is 603 g/mol. The predicted octanol–water partition coefficient (Wildman–Crippen LogP) is 7.27. The Labute approximate surface area is 251 Å². The van der Waals surface area contributed by atoms with Gasteiger partial charge in [-0.25, -0.2) is 4.98 Å². The van der Waals surface area contributed by atoms with Gasteiger partial charge in [-0.1, -0.05) is 66.7 Å². The third-order valence-corrected chi connectivity index (χ3v) is 7.37. The maximum Gasteiger partial charge on any atom is 0.416 e. The standard InChI is InChI=1S/C33H29F3N4O2S/c34-33(35,36)27-10-6-9-26(17-27)20-40(19-24-12-14-29(15-13-24)42-22-25-7-2-1-3-8-25)21-31-39-30(23-43-31)32(41)38-18-28-11-4-5-16-37-28/h1-17,23H,18-22H2,(H,38,41). The summed E-state index contributed by atoms with van der Waals surface area (Å²) in [7, 11) is 0. The molecule has 0 aliphatic rings. The number of pyridine rings is 1. The molecule has 0 aliphatic carbocycles. The van der Waals surface area contributed by atoms with Crippen LogP contribution in [-0.2, 0) is 39.0 Å². The molecule has 10 heteroatoms. The second kappa shape index (κ2) is 14.1. The average Bonchev–Trinajstić information content (AvgIpc) is 3.49. The van der Waals surface area contributed by atoms with Gasteiger partial charge in [0.2, 0.25) is 0 Å². The summed E-state index contributed by atoms with van der Waals surface area (Å²) in [5.74, 6) is 0.405. The molecule has 0 unspecified atom stereocenters. The van der Waals surface area contributed by atoms with Gasteiger partial charge in [0, 0.05) is 24.7 Å². The van der Waals surface area contributed by atoms with Gasteiger partial charge in [0.1, 0.15) is 23.1 Å². The van der Waals surface area contributed by atoms with Crippen LogP contribution >= 0.6 is 11.3 Å². The summed E-state index contributed by atoms with van der Waals surface area (Å²) in [6.45, 7) is 1.79. The highest BCUT2D eigenvalue weighted by Gasteiger charge is 2.30. The highest BCUT2D eigenvalue weighted by molar-refractivity contribution is 7.09. The fourth-order valence-corrected chi connectivity index (χ4v) is 5.22. The van der Waals surface area contributed by atoms with Crippen molar-refractivity contribution in [2.24, 2.45) is 0 Å². The lowest BCUT2D eigenvalue weighted by Crippen LogP contribution is -2.24. The molecule has 6 nitrogen and oxygen atoms in total. The van der Waals surface area contributed by atoms with Gasteiger partial charge in [-0.2, -0.15) is 13.2 Å². The lowest BCUT2D eigenvalue weighted by molar-refractivity contribution is -0.137. The number of ether oxygens (including phenoxy) is 1. The zero-order chi connectivity index (χ0) is 30.1. The highest BCUT2D eigenvalue weighted by atomic mass is 32.1. The lowest BCUT2D eigenvalue weighted by Gasteiger charge is -2.22. The molecular weight excluding hydrogens is 573 g/mol. The lowest BCUT2D eigenvalue weighted by atomic mass is 10.1. The number of hydrogen-bond acceptors (Lipinski definition) is 6. The molecule has 2 heterocycles. The Hall–Kier alpha value is -4.54. The fraction of sp³-hybridized carbons (Fsp3) is 0.182. The third-order valence-electron chi connectivity index (χ3n) is 6.54. The number of hydrogen-bond donors (Lipinski definition) is 1. The van der Waals surface area contributed by atoms with Crippen molar-refractivity contribution in [2.75, 3.05) is 0 Å². The maximum atomic E-state index is 13.4. The fourth-order valence-electron chi connectivity index (χ4n) is 4.41. The van der Waals surface area contributed by atoms with Gasteiger partial charge >= 0.3 is 6.18 Å². The van der Waals surface area contributed by atoms with Gasteiger partial charge in [0.15, 0.2) is 0 Å². The second-order valence-corrected chi connectivity index (χ2v) is 10.8. The summed E-state index contributed by atoms with van der Waals surface area (Å²) < 4.78 is 46.0. The molecule has 5 rings (SSSR count). The largest absolute Gasteiger partial charge is 0.489 e. The van der Waals surface area contributed by atoms with E-state index in [9.17, 15) is 18.0 Å². The molecule has 0 aliphatic heterocycles. The van der Waals surface area contributed by atoms with Crippen LogP contribution in [0.15, 0.2) is 109 Å². The molecule has 1 N–H and O–H groups in total. The van der Waals surface area contributed by atoms with Crippen molar-refractivity contribution in [3.8, 4) is 5.75 Å². The Morgan fingerprint density at radius 3 is 2.33 bits per heavy atom. The first-order valence-corrected chi connectivity index (χ1v) is 14.5. The van der Waals surface area contributed by atoms with Gasteiger partial charge in [0.05, 0.1) is 24.3 Å². The summed E-state index contributed by atoms with van der Waals surface area (Å²) in [6, 6.07) is 28.3. The van der Waals surface area contributed by atoms with Crippen LogP contribution in [0.2, 0.25) is 0 Å². The summed E-state index contributed by atoms with van der Waals surface area (Å²) in [4.78, 5) is 23.4. The van der Waals surface area contributed by atoms with Crippen LogP contribution in [0.1, 0.15) is 43.4 Å². The van der Waals surface area contributed by atoms with E-state index in [-0.39, 0.29) is 24.7 Å². The van der Waals surface area contributed by atoms with E-state index in [0.29, 0.717) is 30.3 Å². The predicted molar refractivity (Wildman–Crippen MR) is 159 cm³/mol. The molecular formula is C33H29F3N4O2S. The Kier molecular flexibility index (Phi) is 9.81. The van der Waals surface area contributed by atoms with Gasteiger partial charge < -0.3 is 10.1 Å². The van der Waals surface area contributed by atoms with E-state index in [2.05, 4.69) is 15.3 Å². The van der Waals surface area contributed by atoms with Crippen LogP contribution in [0.25, 0.3) is 0 Å². The van der Waals surface area contributed by atoms with E-state index >= 15 is 0 Å². The summed E-state index contributed by atoms with van der Waals surface area (Å²) in [5.41, 5.74) is 2.88. The molecule has 43 heavy (non-hydrogen) atoms. The number of rotatable bonds is 12. The molecule has 0 bridgehead atoms. The number of carbonyl (C=O) groups excluding carboxylic acids is 1. The van der Waals surface area contributed by atoms with E-state index in [4.69, 9.17) is 4.74 Å². The van der Waals surface area contributed by atoms with E-state index in [1.807, 2.05) is 71.6 Å². The Morgan fingerprint density at radius 2 is 1.58 bits per heavy atom. The highest BCUT2D eigenvalue weighted by Crippen LogP contribution is 2.30. The first-order chi connectivity index (χ1) is 20.8. The Morgan fingerprint density at radius 1 is 0.837 bits per heavy atom. The molecule has 0 fully saturated rings. The second-order valence-electron chi connectivity index (χ2n) is 9.89. The van der Waals surface area contributed by atoms with Gasteiger partial charge in [-0.15, -0.1) is 11.3 Å². The minimum atomic E-state index is -4.43. The number of amides is 1. The SMILES string of the molecule is O=C(NCc1ccccn1)c1csc(CN(Cc2ccc(OCc3ccccc3)cc2)Cc2cccc(C(F)(F)F)c2)n1. The van der Waals surface area contributed by atoms with Crippen LogP contribution in [-0.4, -0.2) is 20.8 Å². The minimum Gasteiger partial charge on any atom is -0.489 e. The zero-order valence-corrected chi connectivity index (χ0v) is 23.9. The van der Waals surface area contributed by atoms with Crippen molar-refractivity contribution in [2.45, 2.75) is 39.0 Å². The first kappa shape index (κ1) is 29.9. The number of nitrogens with zero attached hydrogens (tertiary/aromatic N) is 3. The monoisotopic (exact) mass is 602 g/mol. The number of nitrogens with one attached hydrogen (secondary N) is 1. The smallest absolute Gasteiger partial charge is 0.416 e. The Bertz CT molecular complexity index is 1610.